The number of aromatic nitrogens is 2. The Bertz CT molecular complexity index is 690. The van der Waals surface area contributed by atoms with Crippen LogP contribution < -0.4 is 4.74 Å². The van der Waals surface area contributed by atoms with Gasteiger partial charge in [0.25, 0.3) is 0 Å². The van der Waals surface area contributed by atoms with Gasteiger partial charge in [0, 0.05) is 25.5 Å². The maximum Gasteiger partial charge on any atom is 0.325 e. The van der Waals surface area contributed by atoms with Gasteiger partial charge in [-0.1, -0.05) is 12.1 Å². The van der Waals surface area contributed by atoms with E-state index in [1.165, 1.54) is 7.11 Å². The highest BCUT2D eigenvalue weighted by atomic mass is 16.5. The summed E-state index contributed by atoms with van der Waals surface area (Å²) in [6.45, 7) is 2.22. The molecule has 1 saturated heterocycles. The van der Waals surface area contributed by atoms with Crippen LogP contribution in [0.1, 0.15) is 12.8 Å². The number of carbonyl (C=O) groups excluding carboxylic acids is 1. The van der Waals surface area contributed by atoms with E-state index in [0.717, 1.165) is 37.2 Å². The van der Waals surface area contributed by atoms with E-state index in [9.17, 15) is 4.79 Å². The maximum absolute atomic E-state index is 11.6. The minimum absolute atomic E-state index is 0.133. The standard InChI is InChI=1S/C18H23N3O3/c1-20-10-7-14(8-11-20)24-16-6-4-3-5-15(16)18-19-9-12-21(18)13-17(22)23-2/h3-6,9,12,14H,7-8,10-11,13H2,1-2H3. The van der Waals surface area contributed by atoms with E-state index in [1.807, 2.05) is 24.3 Å². The minimum Gasteiger partial charge on any atom is -0.490 e. The molecule has 1 aliphatic rings. The molecular formula is C18H23N3O3. The number of ether oxygens (including phenoxy) is 2. The fourth-order valence-electron chi connectivity index (χ4n) is 2.92. The number of para-hydroxylation sites is 1. The van der Waals surface area contributed by atoms with Crippen molar-refractivity contribution in [2.75, 3.05) is 27.2 Å². The summed E-state index contributed by atoms with van der Waals surface area (Å²) in [6, 6.07) is 7.85. The highest BCUT2D eigenvalue weighted by Gasteiger charge is 2.20. The fraction of sp³-hybridized carbons (Fsp3) is 0.444. The average Bonchev–Trinajstić information content (AvgIpc) is 3.05. The Balaban J connectivity index is 1.82. The number of benzene rings is 1. The van der Waals surface area contributed by atoms with Gasteiger partial charge in [0.15, 0.2) is 0 Å². The van der Waals surface area contributed by atoms with Gasteiger partial charge in [-0.25, -0.2) is 4.98 Å². The zero-order valence-electron chi connectivity index (χ0n) is 14.1. The van der Waals surface area contributed by atoms with Crippen molar-refractivity contribution in [2.45, 2.75) is 25.5 Å². The number of piperidine rings is 1. The van der Waals surface area contributed by atoms with Gasteiger partial charge < -0.3 is 18.9 Å². The molecule has 0 bridgehead atoms. The van der Waals surface area contributed by atoms with Crippen molar-refractivity contribution in [2.24, 2.45) is 0 Å². The van der Waals surface area contributed by atoms with Crippen LogP contribution in [0, 0.1) is 0 Å². The highest BCUT2D eigenvalue weighted by Crippen LogP contribution is 2.30. The lowest BCUT2D eigenvalue weighted by Gasteiger charge is -2.29. The summed E-state index contributed by atoms with van der Waals surface area (Å²) >= 11 is 0. The second kappa shape index (κ2) is 7.49. The number of methoxy groups -OCH3 is 1. The van der Waals surface area contributed by atoms with Gasteiger partial charge in [-0.2, -0.15) is 0 Å². The van der Waals surface area contributed by atoms with E-state index in [4.69, 9.17) is 9.47 Å². The van der Waals surface area contributed by atoms with Gasteiger partial charge in [-0.3, -0.25) is 4.79 Å². The van der Waals surface area contributed by atoms with Gasteiger partial charge in [0.1, 0.15) is 24.2 Å². The smallest absolute Gasteiger partial charge is 0.325 e. The summed E-state index contributed by atoms with van der Waals surface area (Å²) in [6.07, 6.45) is 5.71. The molecule has 1 aliphatic heterocycles. The molecular weight excluding hydrogens is 306 g/mol. The van der Waals surface area contributed by atoms with E-state index in [1.54, 1.807) is 17.0 Å². The van der Waals surface area contributed by atoms with Crippen LogP contribution in [0.25, 0.3) is 11.4 Å². The van der Waals surface area contributed by atoms with Crippen molar-refractivity contribution < 1.29 is 14.3 Å². The van der Waals surface area contributed by atoms with Crippen LogP contribution in [0.3, 0.4) is 0 Å². The number of nitrogens with zero attached hydrogens (tertiary/aromatic N) is 3. The third-order valence-electron chi connectivity index (χ3n) is 4.33. The summed E-state index contributed by atoms with van der Waals surface area (Å²) in [7, 11) is 3.52. The molecule has 0 unspecified atom stereocenters. The van der Waals surface area contributed by atoms with Crippen molar-refractivity contribution >= 4 is 5.97 Å². The van der Waals surface area contributed by atoms with Gasteiger partial charge >= 0.3 is 5.97 Å². The zero-order valence-corrected chi connectivity index (χ0v) is 14.1. The summed E-state index contributed by atoms with van der Waals surface area (Å²) in [5.41, 5.74) is 0.894. The molecule has 1 fully saturated rings. The molecule has 0 atom stereocenters. The number of imidazole rings is 1. The van der Waals surface area contributed by atoms with Crippen molar-refractivity contribution in [3.8, 4) is 17.1 Å². The zero-order chi connectivity index (χ0) is 16.9. The largest absolute Gasteiger partial charge is 0.490 e. The molecule has 3 rings (SSSR count). The van der Waals surface area contributed by atoms with Crippen LogP contribution in [0.5, 0.6) is 5.75 Å². The summed E-state index contributed by atoms with van der Waals surface area (Å²) in [5.74, 6) is 1.22. The first kappa shape index (κ1) is 16.5. The molecule has 6 nitrogen and oxygen atoms in total. The van der Waals surface area contributed by atoms with Crippen LogP contribution in [-0.4, -0.2) is 53.8 Å². The third-order valence-corrected chi connectivity index (χ3v) is 4.33. The van der Waals surface area contributed by atoms with E-state index >= 15 is 0 Å². The number of carbonyl (C=O) groups is 1. The molecule has 0 aliphatic carbocycles. The van der Waals surface area contributed by atoms with Crippen LogP contribution in [0.4, 0.5) is 0 Å². The fourth-order valence-corrected chi connectivity index (χ4v) is 2.92. The van der Waals surface area contributed by atoms with Crippen molar-refractivity contribution in [3.05, 3.63) is 36.7 Å². The van der Waals surface area contributed by atoms with E-state index < -0.39 is 0 Å². The first-order valence-corrected chi connectivity index (χ1v) is 8.20. The van der Waals surface area contributed by atoms with Gasteiger partial charge in [-0.05, 0) is 32.0 Å². The normalized spacial score (nSPS) is 16.1. The quantitative estimate of drug-likeness (QED) is 0.787. The second-order valence-electron chi connectivity index (χ2n) is 6.07. The second-order valence-corrected chi connectivity index (χ2v) is 6.07. The van der Waals surface area contributed by atoms with Crippen LogP contribution in [0.2, 0.25) is 0 Å². The summed E-state index contributed by atoms with van der Waals surface area (Å²) in [5, 5.41) is 0. The molecule has 0 saturated carbocycles. The lowest BCUT2D eigenvalue weighted by Crippen LogP contribution is -2.35. The SMILES string of the molecule is COC(=O)Cn1ccnc1-c1ccccc1OC1CCN(C)CC1. The Morgan fingerprint density at radius 2 is 2.04 bits per heavy atom. The monoisotopic (exact) mass is 329 g/mol. The molecule has 128 valence electrons. The Kier molecular flexibility index (Phi) is 5.15. The molecule has 0 radical (unpaired) electrons. The Morgan fingerprint density at radius 1 is 1.29 bits per heavy atom. The predicted octanol–water partition coefficient (Wildman–Crippen LogP) is 2.20. The van der Waals surface area contributed by atoms with Crippen LogP contribution in [-0.2, 0) is 16.1 Å². The third kappa shape index (κ3) is 3.76. The van der Waals surface area contributed by atoms with Crippen molar-refractivity contribution in [3.63, 3.8) is 0 Å². The Morgan fingerprint density at radius 3 is 2.79 bits per heavy atom. The first-order chi connectivity index (χ1) is 11.7. The molecule has 2 heterocycles. The molecule has 1 aromatic heterocycles. The molecule has 2 aromatic rings. The average molecular weight is 329 g/mol. The molecule has 0 amide bonds. The maximum atomic E-state index is 11.6. The number of hydrogen-bond donors (Lipinski definition) is 0. The van der Waals surface area contributed by atoms with Crippen LogP contribution in [0.15, 0.2) is 36.7 Å². The van der Waals surface area contributed by atoms with Crippen molar-refractivity contribution in [1.82, 2.24) is 14.5 Å². The topological polar surface area (TPSA) is 56.6 Å². The first-order valence-electron chi connectivity index (χ1n) is 8.20. The molecule has 24 heavy (non-hydrogen) atoms. The van der Waals surface area contributed by atoms with Gasteiger partial charge in [0.2, 0.25) is 0 Å². The molecule has 0 N–H and O–H groups in total. The molecule has 0 spiro atoms. The van der Waals surface area contributed by atoms with Gasteiger partial charge in [0.05, 0.1) is 12.7 Å². The summed E-state index contributed by atoms with van der Waals surface area (Å²) < 4.78 is 12.8. The number of rotatable bonds is 5. The lowest BCUT2D eigenvalue weighted by atomic mass is 10.1. The number of esters is 1. The van der Waals surface area contributed by atoms with E-state index in [0.29, 0.717) is 5.82 Å². The number of likely N-dealkylation sites (tertiary alicyclic amines) is 1. The lowest BCUT2D eigenvalue weighted by molar-refractivity contribution is -0.141. The van der Waals surface area contributed by atoms with E-state index in [2.05, 4.69) is 16.9 Å². The minimum atomic E-state index is -0.303. The highest BCUT2D eigenvalue weighted by molar-refractivity contribution is 5.71. The number of hydrogen-bond acceptors (Lipinski definition) is 5. The van der Waals surface area contributed by atoms with Crippen molar-refractivity contribution in [1.29, 1.82) is 0 Å². The Hall–Kier alpha value is -2.34. The molecule has 6 heteroatoms. The predicted molar refractivity (Wildman–Crippen MR) is 90.8 cm³/mol. The van der Waals surface area contributed by atoms with Gasteiger partial charge in [-0.15, -0.1) is 0 Å². The van der Waals surface area contributed by atoms with E-state index in [-0.39, 0.29) is 18.6 Å². The molecule has 1 aromatic carbocycles. The van der Waals surface area contributed by atoms with Crippen LogP contribution >= 0.6 is 0 Å². The summed E-state index contributed by atoms with van der Waals surface area (Å²) in [4.78, 5) is 18.3. The Labute approximate surface area is 142 Å².